The van der Waals surface area contributed by atoms with Crippen LogP contribution in [-0.2, 0) is 6.54 Å². The third-order valence-corrected chi connectivity index (χ3v) is 6.69. The fourth-order valence-corrected chi connectivity index (χ4v) is 5.07. The molecular weight excluding hydrogens is 430 g/mol. The second kappa shape index (κ2) is 11.2. The van der Waals surface area contributed by atoms with Gasteiger partial charge in [-0.25, -0.2) is 0 Å². The van der Waals surface area contributed by atoms with E-state index in [-0.39, 0.29) is 36.2 Å². The van der Waals surface area contributed by atoms with Crippen molar-refractivity contribution in [3.8, 4) is 5.75 Å². The first-order valence-corrected chi connectivity index (χ1v) is 11.6. The number of hydrogen-bond donors (Lipinski definition) is 3. The highest BCUT2D eigenvalue weighted by Gasteiger charge is 2.40. The van der Waals surface area contributed by atoms with E-state index in [2.05, 4.69) is 59.2 Å². The van der Waals surface area contributed by atoms with Crippen LogP contribution in [0.25, 0.3) is 0 Å². The zero-order chi connectivity index (χ0) is 23.9. The zero-order valence-electron chi connectivity index (χ0n) is 19.3. The topological polar surface area (TPSA) is 96.7 Å². The van der Waals surface area contributed by atoms with Crippen LogP contribution >= 0.6 is 0 Å². The number of benzene rings is 3. The molecule has 3 unspecified atom stereocenters. The maximum Gasteiger partial charge on any atom is 0.270 e. The van der Waals surface area contributed by atoms with Crippen LogP contribution in [0.1, 0.15) is 29.0 Å². The Balaban J connectivity index is 1.66. The fraction of sp³-hybridized carbons (Fsp3) is 0.333. The molecule has 3 atom stereocenters. The van der Waals surface area contributed by atoms with Crippen molar-refractivity contribution >= 4 is 5.69 Å². The summed E-state index contributed by atoms with van der Waals surface area (Å²) in [5.41, 5.74) is 3.21. The van der Waals surface area contributed by atoms with E-state index < -0.39 is 4.92 Å². The number of nitro benzene ring substituents is 1. The summed E-state index contributed by atoms with van der Waals surface area (Å²) in [4.78, 5) is 10.9. The lowest BCUT2D eigenvalue weighted by Gasteiger charge is -2.32. The predicted molar refractivity (Wildman–Crippen MR) is 132 cm³/mol. The smallest absolute Gasteiger partial charge is 0.270 e. The summed E-state index contributed by atoms with van der Waals surface area (Å²) >= 11 is 0. The van der Waals surface area contributed by atoms with Gasteiger partial charge >= 0.3 is 0 Å². The van der Waals surface area contributed by atoms with Gasteiger partial charge in [0.15, 0.2) is 0 Å². The standard InChI is InChI=1S/C27H31N3O4/c1-34-24-13-12-23(30(32)33)16-22(24)18-28-26-21(14-15-31)17-29-27(26)25(19-8-4-2-5-9-19)20-10-6-3-7-11-20/h2-13,16,21,25-29,31H,14-15,17-18H2,1H3. The molecule has 7 nitrogen and oxygen atoms in total. The molecule has 178 valence electrons. The Morgan fingerprint density at radius 1 is 1.09 bits per heavy atom. The molecule has 1 heterocycles. The van der Waals surface area contributed by atoms with Crippen molar-refractivity contribution in [2.75, 3.05) is 20.3 Å². The molecule has 0 amide bonds. The van der Waals surface area contributed by atoms with Crippen molar-refractivity contribution in [2.24, 2.45) is 5.92 Å². The number of nitrogens with zero attached hydrogens (tertiary/aromatic N) is 1. The Morgan fingerprint density at radius 2 is 1.74 bits per heavy atom. The van der Waals surface area contributed by atoms with Crippen molar-refractivity contribution < 1.29 is 14.8 Å². The zero-order valence-corrected chi connectivity index (χ0v) is 19.3. The summed E-state index contributed by atoms with van der Waals surface area (Å²) in [7, 11) is 1.57. The number of methoxy groups -OCH3 is 1. The second-order valence-electron chi connectivity index (χ2n) is 8.67. The lowest BCUT2D eigenvalue weighted by atomic mass is 9.80. The van der Waals surface area contributed by atoms with Crippen LogP contribution in [-0.4, -0.2) is 42.4 Å². The number of rotatable bonds is 10. The Morgan fingerprint density at radius 3 is 2.29 bits per heavy atom. The van der Waals surface area contributed by atoms with Crippen LogP contribution in [0.5, 0.6) is 5.75 Å². The van der Waals surface area contributed by atoms with Crippen molar-refractivity contribution in [3.05, 3.63) is 106 Å². The first-order chi connectivity index (χ1) is 16.6. The van der Waals surface area contributed by atoms with E-state index in [4.69, 9.17) is 4.74 Å². The summed E-state index contributed by atoms with van der Waals surface area (Å²) < 4.78 is 5.46. The molecule has 1 saturated heterocycles. The number of aliphatic hydroxyl groups is 1. The first-order valence-electron chi connectivity index (χ1n) is 11.6. The molecule has 3 aromatic carbocycles. The van der Waals surface area contributed by atoms with Gasteiger partial charge in [0.2, 0.25) is 0 Å². The lowest BCUT2D eigenvalue weighted by Crippen LogP contribution is -2.46. The van der Waals surface area contributed by atoms with E-state index in [9.17, 15) is 15.2 Å². The Hall–Kier alpha value is -3.26. The lowest BCUT2D eigenvalue weighted by molar-refractivity contribution is -0.384. The third-order valence-electron chi connectivity index (χ3n) is 6.69. The van der Waals surface area contributed by atoms with Gasteiger partial charge < -0.3 is 20.5 Å². The largest absolute Gasteiger partial charge is 0.496 e. The van der Waals surface area contributed by atoms with Gasteiger partial charge in [-0.05, 0) is 36.1 Å². The molecule has 34 heavy (non-hydrogen) atoms. The monoisotopic (exact) mass is 461 g/mol. The average molecular weight is 462 g/mol. The maximum absolute atomic E-state index is 11.3. The number of nitrogens with one attached hydrogen (secondary N) is 2. The van der Waals surface area contributed by atoms with Crippen LogP contribution in [0.15, 0.2) is 78.9 Å². The molecule has 0 bridgehead atoms. The van der Waals surface area contributed by atoms with E-state index >= 15 is 0 Å². The van der Waals surface area contributed by atoms with E-state index in [1.807, 2.05) is 12.1 Å². The van der Waals surface area contributed by atoms with E-state index in [0.717, 1.165) is 12.1 Å². The summed E-state index contributed by atoms with van der Waals surface area (Å²) in [5, 5.41) is 28.4. The van der Waals surface area contributed by atoms with Gasteiger partial charge in [-0.3, -0.25) is 10.1 Å². The highest BCUT2D eigenvalue weighted by Crippen LogP contribution is 2.35. The van der Waals surface area contributed by atoms with Crippen molar-refractivity contribution in [2.45, 2.75) is 31.0 Å². The van der Waals surface area contributed by atoms with Crippen molar-refractivity contribution in [1.29, 1.82) is 0 Å². The SMILES string of the molecule is COc1ccc([N+](=O)[O-])cc1CNC1C(CCO)CNC1C(c1ccccc1)c1ccccc1. The van der Waals surface area contributed by atoms with Crippen LogP contribution in [0.2, 0.25) is 0 Å². The molecule has 0 aromatic heterocycles. The molecule has 4 rings (SSSR count). The van der Waals surface area contributed by atoms with Gasteiger partial charge in [0, 0.05) is 48.8 Å². The molecule has 3 N–H and O–H groups in total. The van der Waals surface area contributed by atoms with E-state index in [1.165, 1.54) is 17.2 Å². The number of ether oxygens (including phenoxy) is 1. The second-order valence-corrected chi connectivity index (χ2v) is 8.67. The summed E-state index contributed by atoms with van der Waals surface area (Å²) in [6.07, 6.45) is 0.670. The van der Waals surface area contributed by atoms with Gasteiger partial charge in [-0.15, -0.1) is 0 Å². The minimum absolute atomic E-state index is 0.0389. The number of aliphatic hydroxyl groups excluding tert-OH is 1. The minimum atomic E-state index is -0.391. The Kier molecular flexibility index (Phi) is 7.90. The molecule has 7 heteroatoms. The first kappa shape index (κ1) is 23.9. The molecule has 1 fully saturated rings. The van der Waals surface area contributed by atoms with Gasteiger partial charge in [-0.1, -0.05) is 60.7 Å². The fourth-order valence-electron chi connectivity index (χ4n) is 5.07. The number of hydrogen-bond acceptors (Lipinski definition) is 6. The highest BCUT2D eigenvalue weighted by atomic mass is 16.6. The Labute approximate surface area is 199 Å². The normalized spacial score (nSPS) is 19.9. The molecule has 0 saturated carbocycles. The van der Waals surface area contributed by atoms with Gasteiger partial charge in [-0.2, -0.15) is 0 Å². The molecule has 0 radical (unpaired) electrons. The van der Waals surface area contributed by atoms with Gasteiger partial charge in [0.05, 0.1) is 12.0 Å². The molecule has 1 aliphatic rings. The summed E-state index contributed by atoms with van der Waals surface area (Å²) in [5.74, 6) is 0.937. The third kappa shape index (κ3) is 5.28. The summed E-state index contributed by atoms with van der Waals surface area (Å²) in [6.45, 7) is 1.32. The van der Waals surface area contributed by atoms with Gasteiger partial charge in [0.1, 0.15) is 5.75 Å². The maximum atomic E-state index is 11.3. The minimum Gasteiger partial charge on any atom is -0.496 e. The number of non-ortho nitro benzene ring substituents is 1. The van der Waals surface area contributed by atoms with E-state index in [1.54, 1.807) is 19.2 Å². The van der Waals surface area contributed by atoms with Crippen molar-refractivity contribution in [1.82, 2.24) is 10.6 Å². The van der Waals surface area contributed by atoms with Crippen LogP contribution in [0.3, 0.4) is 0 Å². The Bertz CT molecular complexity index is 1040. The molecule has 3 aromatic rings. The van der Waals surface area contributed by atoms with Crippen LogP contribution in [0.4, 0.5) is 5.69 Å². The highest BCUT2D eigenvalue weighted by molar-refractivity contribution is 5.44. The average Bonchev–Trinajstić information content (AvgIpc) is 3.26. The van der Waals surface area contributed by atoms with Gasteiger partial charge in [0.25, 0.3) is 5.69 Å². The van der Waals surface area contributed by atoms with E-state index in [0.29, 0.717) is 18.7 Å². The predicted octanol–water partition coefficient (Wildman–Crippen LogP) is 3.86. The summed E-state index contributed by atoms with van der Waals surface area (Å²) in [6, 6.07) is 25.7. The number of nitro groups is 1. The van der Waals surface area contributed by atoms with Crippen LogP contribution in [0, 0.1) is 16.0 Å². The molecule has 1 aliphatic heterocycles. The van der Waals surface area contributed by atoms with Crippen LogP contribution < -0.4 is 15.4 Å². The quantitative estimate of drug-likeness (QED) is 0.313. The molecular formula is C27H31N3O4. The molecule has 0 aliphatic carbocycles. The molecule has 0 spiro atoms. The van der Waals surface area contributed by atoms with Crippen molar-refractivity contribution in [3.63, 3.8) is 0 Å².